The van der Waals surface area contributed by atoms with Gasteiger partial charge in [-0.2, -0.15) is 5.10 Å². The maximum absolute atomic E-state index is 11.3. The van der Waals surface area contributed by atoms with E-state index in [1.807, 2.05) is 0 Å². The van der Waals surface area contributed by atoms with Crippen molar-refractivity contribution in [2.75, 3.05) is 13.7 Å². The molecule has 0 spiro atoms. The first-order chi connectivity index (χ1) is 6.69. The molecular weight excluding hydrogens is 285 g/mol. The van der Waals surface area contributed by atoms with Crippen molar-refractivity contribution in [2.24, 2.45) is 5.73 Å². The molecule has 0 saturated heterocycles. The average molecular weight is 299 g/mol. The number of aryl methyl sites for hydroxylation is 1. The first kappa shape index (κ1) is 14.4. The highest BCUT2D eigenvalue weighted by molar-refractivity contribution is 9.10. The van der Waals surface area contributed by atoms with E-state index >= 15 is 0 Å². The summed E-state index contributed by atoms with van der Waals surface area (Å²) in [5.41, 5.74) is 5.81. The zero-order chi connectivity index (χ0) is 10.6. The van der Waals surface area contributed by atoms with Gasteiger partial charge in [0.15, 0.2) is 0 Å². The molecule has 0 saturated carbocycles. The van der Waals surface area contributed by atoms with Crippen LogP contribution in [0.25, 0.3) is 0 Å². The number of ether oxygens (including phenoxy) is 1. The molecule has 1 aromatic heterocycles. The smallest absolute Gasteiger partial charge is 0.356 e. The van der Waals surface area contributed by atoms with Crippen molar-refractivity contribution in [1.82, 2.24) is 9.78 Å². The van der Waals surface area contributed by atoms with E-state index in [-0.39, 0.29) is 18.4 Å². The molecule has 0 aliphatic heterocycles. The summed E-state index contributed by atoms with van der Waals surface area (Å²) < 4.78 is 6.82. The van der Waals surface area contributed by atoms with E-state index in [9.17, 15) is 4.79 Å². The number of nitrogens with two attached hydrogens (primary N) is 1. The summed E-state index contributed by atoms with van der Waals surface area (Å²) in [5.74, 6) is -0.389. The van der Waals surface area contributed by atoms with Crippen LogP contribution < -0.4 is 5.73 Å². The zero-order valence-corrected chi connectivity index (χ0v) is 10.7. The molecule has 2 N–H and O–H groups in total. The van der Waals surface area contributed by atoms with Gasteiger partial charge in [-0.3, -0.25) is 4.68 Å². The number of aromatic nitrogens is 2. The summed E-state index contributed by atoms with van der Waals surface area (Å²) in [6.07, 6.45) is 0.776. The van der Waals surface area contributed by atoms with Gasteiger partial charge in [-0.05, 0) is 28.9 Å². The summed E-state index contributed by atoms with van der Waals surface area (Å²) >= 11 is 3.20. The molecule has 0 atom stereocenters. The largest absolute Gasteiger partial charge is 0.464 e. The van der Waals surface area contributed by atoms with Crippen LogP contribution in [0.3, 0.4) is 0 Å². The highest BCUT2D eigenvalue weighted by Gasteiger charge is 2.13. The van der Waals surface area contributed by atoms with Crippen molar-refractivity contribution in [3.8, 4) is 0 Å². The number of halogens is 2. The monoisotopic (exact) mass is 297 g/mol. The Morgan fingerprint density at radius 2 is 2.40 bits per heavy atom. The maximum Gasteiger partial charge on any atom is 0.356 e. The topological polar surface area (TPSA) is 70.1 Å². The van der Waals surface area contributed by atoms with Crippen LogP contribution in [0.4, 0.5) is 0 Å². The Morgan fingerprint density at radius 1 is 1.73 bits per heavy atom. The normalized spacial score (nSPS) is 9.53. The second-order valence-electron chi connectivity index (χ2n) is 2.71. The van der Waals surface area contributed by atoms with Crippen molar-refractivity contribution < 1.29 is 9.53 Å². The van der Waals surface area contributed by atoms with Crippen LogP contribution in [0.5, 0.6) is 0 Å². The summed E-state index contributed by atoms with van der Waals surface area (Å²) in [4.78, 5) is 11.3. The third-order valence-electron chi connectivity index (χ3n) is 1.72. The number of nitrogens with zero attached hydrogens (tertiary/aromatic N) is 2. The molecule has 86 valence electrons. The van der Waals surface area contributed by atoms with E-state index in [2.05, 4.69) is 25.8 Å². The minimum absolute atomic E-state index is 0. The minimum atomic E-state index is -0.389. The van der Waals surface area contributed by atoms with Gasteiger partial charge in [0, 0.05) is 12.6 Å². The molecule has 0 bridgehead atoms. The van der Waals surface area contributed by atoms with Crippen LogP contribution in [0.1, 0.15) is 16.9 Å². The lowest BCUT2D eigenvalue weighted by Gasteiger charge is -2.03. The molecule has 1 aromatic rings. The number of hydrogen-bond acceptors (Lipinski definition) is 4. The third-order valence-corrected chi connectivity index (χ3v) is 2.11. The fourth-order valence-electron chi connectivity index (χ4n) is 1.07. The molecule has 0 aliphatic rings. The fraction of sp³-hybridized carbons (Fsp3) is 0.500. The second-order valence-corrected chi connectivity index (χ2v) is 3.52. The molecule has 0 unspecified atom stereocenters. The number of carbonyl (C=O) groups excluding carboxylic acids is 1. The van der Waals surface area contributed by atoms with Crippen LogP contribution in [0.2, 0.25) is 0 Å². The van der Waals surface area contributed by atoms with Crippen LogP contribution in [-0.2, 0) is 11.3 Å². The van der Waals surface area contributed by atoms with E-state index in [1.54, 1.807) is 10.7 Å². The Balaban J connectivity index is 0.00000196. The van der Waals surface area contributed by atoms with E-state index in [0.717, 1.165) is 6.42 Å². The Kier molecular flexibility index (Phi) is 6.55. The minimum Gasteiger partial charge on any atom is -0.464 e. The molecule has 0 aliphatic carbocycles. The Morgan fingerprint density at radius 3 is 2.93 bits per heavy atom. The van der Waals surface area contributed by atoms with E-state index < -0.39 is 0 Å². The second kappa shape index (κ2) is 6.81. The predicted octanol–water partition coefficient (Wildman–Crippen LogP) is 1.20. The molecule has 0 amide bonds. The number of hydrogen-bond donors (Lipinski definition) is 1. The molecule has 7 heteroatoms. The van der Waals surface area contributed by atoms with Gasteiger partial charge in [-0.1, -0.05) is 0 Å². The quantitative estimate of drug-likeness (QED) is 0.848. The van der Waals surface area contributed by atoms with Crippen LogP contribution in [0.15, 0.2) is 10.7 Å². The molecule has 5 nitrogen and oxygen atoms in total. The number of carbonyl (C=O) groups is 1. The summed E-state index contributed by atoms with van der Waals surface area (Å²) in [6.45, 7) is 1.19. The van der Waals surface area contributed by atoms with Crippen LogP contribution in [-0.4, -0.2) is 29.4 Å². The summed E-state index contributed by atoms with van der Waals surface area (Å²) in [7, 11) is 1.34. The predicted molar refractivity (Wildman–Crippen MR) is 62.2 cm³/mol. The molecule has 1 heterocycles. The highest BCUT2D eigenvalue weighted by atomic mass is 79.9. The maximum atomic E-state index is 11.3. The molecule has 1 rings (SSSR count). The standard InChI is InChI=1S/C8H12BrN3O2.ClH/c1-14-8(13)6-5-7(9)11-12(6)4-2-3-10;/h5H,2-4,10H2,1H3;1H. The SMILES string of the molecule is COC(=O)c1cc(Br)nn1CCCN.Cl. The average Bonchev–Trinajstić information content (AvgIpc) is 2.55. The lowest BCUT2D eigenvalue weighted by molar-refractivity contribution is 0.0586. The van der Waals surface area contributed by atoms with Gasteiger partial charge in [0.25, 0.3) is 0 Å². The molecule has 0 fully saturated rings. The van der Waals surface area contributed by atoms with Crippen LogP contribution >= 0.6 is 28.3 Å². The van der Waals surface area contributed by atoms with E-state index in [0.29, 0.717) is 23.4 Å². The Bertz CT molecular complexity index is 330. The molecule has 15 heavy (non-hydrogen) atoms. The first-order valence-electron chi connectivity index (χ1n) is 4.20. The van der Waals surface area contributed by atoms with Crippen molar-refractivity contribution in [3.05, 3.63) is 16.4 Å². The first-order valence-corrected chi connectivity index (χ1v) is 5.00. The summed E-state index contributed by atoms with van der Waals surface area (Å²) in [5, 5.41) is 4.09. The Labute approximate surface area is 102 Å². The lowest BCUT2D eigenvalue weighted by atomic mass is 10.4. The molecule has 0 aromatic carbocycles. The van der Waals surface area contributed by atoms with E-state index in [1.165, 1.54) is 7.11 Å². The van der Waals surface area contributed by atoms with Gasteiger partial charge < -0.3 is 10.5 Å². The van der Waals surface area contributed by atoms with Gasteiger partial charge in [-0.25, -0.2) is 4.79 Å². The zero-order valence-electron chi connectivity index (χ0n) is 8.27. The van der Waals surface area contributed by atoms with Gasteiger partial charge in [0.2, 0.25) is 0 Å². The Hall–Kier alpha value is -0.590. The molecule has 0 radical (unpaired) electrons. The van der Waals surface area contributed by atoms with Crippen molar-refractivity contribution >= 4 is 34.3 Å². The van der Waals surface area contributed by atoms with Crippen molar-refractivity contribution in [2.45, 2.75) is 13.0 Å². The van der Waals surface area contributed by atoms with E-state index in [4.69, 9.17) is 5.73 Å². The third kappa shape index (κ3) is 3.81. The lowest BCUT2D eigenvalue weighted by Crippen LogP contribution is -2.14. The van der Waals surface area contributed by atoms with Crippen molar-refractivity contribution in [1.29, 1.82) is 0 Å². The highest BCUT2D eigenvalue weighted by Crippen LogP contribution is 2.12. The number of rotatable bonds is 4. The van der Waals surface area contributed by atoms with Gasteiger partial charge in [0.1, 0.15) is 10.3 Å². The van der Waals surface area contributed by atoms with Gasteiger partial charge in [-0.15, -0.1) is 12.4 Å². The summed E-state index contributed by atoms with van der Waals surface area (Å²) in [6, 6.07) is 1.63. The van der Waals surface area contributed by atoms with Gasteiger partial charge in [0.05, 0.1) is 7.11 Å². The number of methoxy groups -OCH3 is 1. The fourth-order valence-corrected chi connectivity index (χ4v) is 1.47. The van der Waals surface area contributed by atoms with Crippen LogP contribution in [0, 0.1) is 0 Å². The molecular formula is C8H13BrClN3O2. The number of esters is 1. The van der Waals surface area contributed by atoms with Crippen molar-refractivity contribution in [3.63, 3.8) is 0 Å². The van der Waals surface area contributed by atoms with Gasteiger partial charge >= 0.3 is 5.97 Å².